The van der Waals surface area contributed by atoms with Crippen LogP contribution in [0.25, 0.3) is 0 Å². The zero-order valence-corrected chi connectivity index (χ0v) is 8.41. The zero-order chi connectivity index (χ0) is 10.0. The van der Waals surface area contributed by atoms with E-state index in [9.17, 15) is 10.0 Å². The summed E-state index contributed by atoms with van der Waals surface area (Å²) >= 11 is 3.06. The molecule has 0 unspecified atom stereocenters. The molecule has 0 aliphatic rings. The fourth-order valence-electron chi connectivity index (χ4n) is 0.828. The van der Waals surface area contributed by atoms with Crippen LogP contribution in [0.1, 0.15) is 0 Å². The standard InChI is InChI=1S/C7H7BrN2O3/c1-13-10(12)5-3-2-4(8)7(11)6(5)9/h2-3H,1H3,(H2-,9,11,12)/p+1. The molecule has 0 saturated carbocycles. The van der Waals surface area contributed by atoms with Crippen molar-refractivity contribution in [3.05, 3.63) is 21.5 Å². The van der Waals surface area contributed by atoms with Crippen LogP contribution in [-0.2, 0) is 4.84 Å². The van der Waals surface area contributed by atoms with Crippen molar-refractivity contribution in [1.29, 1.82) is 0 Å². The highest BCUT2D eigenvalue weighted by atomic mass is 79.9. The van der Waals surface area contributed by atoms with Gasteiger partial charge in [-0.3, -0.25) is 0 Å². The van der Waals surface area contributed by atoms with Gasteiger partial charge in [-0.2, -0.15) is 0 Å². The third-order valence-corrected chi connectivity index (χ3v) is 2.15. The summed E-state index contributed by atoms with van der Waals surface area (Å²) in [6.45, 7) is 0. The minimum atomic E-state index is -0.171. The van der Waals surface area contributed by atoms with Crippen LogP contribution in [0.15, 0.2) is 16.6 Å². The molecule has 0 fully saturated rings. The lowest BCUT2D eigenvalue weighted by atomic mass is 10.2. The normalized spacial score (nSPS) is 9.69. The summed E-state index contributed by atoms with van der Waals surface area (Å²) in [6, 6.07) is 2.95. The molecule has 1 rings (SSSR count). The summed E-state index contributed by atoms with van der Waals surface area (Å²) in [5.41, 5.74) is 5.51. The summed E-state index contributed by atoms with van der Waals surface area (Å²) < 4.78 is 0.429. The van der Waals surface area contributed by atoms with Gasteiger partial charge in [0.15, 0.2) is 18.5 Å². The number of nitrogens with two attached hydrogens (primary N) is 1. The summed E-state index contributed by atoms with van der Waals surface area (Å²) in [7, 11) is 1.21. The first-order valence-corrected chi connectivity index (χ1v) is 4.15. The van der Waals surface area contributed by atoms with Gasteiger partial charge >= 0.3 is 5.69 Å². The van der Waals surface area contributed by atoms with Gasteiger partial charge in [-0.1, -0.05) is 0 Å². The second-order valence-corrected chi connectivity index (χ2v) is 3.12. The summed E-state index contributed by atoms with van der Waals surface area (Å²) in [5.74, 6) is -0.171. The van der Waals surface area contributed by atoms with Crippen molar-refractivity contribution in [3.63, 3.8) is 0 Å². The molecule has 1 aromatic rings. The number of benzene rings is 1. The lowest BCUT2D eigenvalue weighted by molar-refractivity contribution is -0.736. The molecule has 0 radical (unpaired) electrons. The number of halogens is 1. The maximum Gasteiger partial charge on any atom is 0.343 e. The number of rotatable bonds is 2. The highest BCUT2D eigenvalue weighted by Crippen LogP contribution is 2.36. The van der Waals surface area contributed by atoms with E-state index in [-0.39, 0.29) is 22.0 Å². The molecular weight excluding hydrogens is 240 g/mol. The number of hydrogen-bond acceptors (Lipinski definition) is 4. The van der Waals surface area contributed by atoms with E-state index in [1.807, 2.05) is 0 Å². The van der Waals surface area contributed by atoms with Crippen LogP contribution in [0.3, 0.4) is 0 Å². The Morgan fingerprint density at radius 1 is 1.62 bits per heavy atom. The summed E-state index contributed by atoms with van der Waals surface area (Å²) in [4.78, 5) is 15.6. The number of aromatic hydroxyl groups is 1. The van der Waals surface area contributed by atoms with Gasteiger partial charge in [0.1, 0.15) is 0 Å². The molecule has 0 atom stereocenters. The minimum Gasteiger partial charge on any atom is -0.504 e. The average Bonchev–Trinajstić information content (AvgIpc) is 2.13. The maximum atomic E-state index is 11.0. The Morgan fingerprint density at radius 3 is 2.77 bits per heavy atom. The molecule has 70 valence electrons. The molecule has 0 amide bonds. The van der Waals surface area contributed by atoms with E-state index >= 15 is 0 Å². The maximum absolute atomic E-state index is 11.0. The van der Waals surface area contributed by atoms with Gasteiger partial charge in [-0.25, -0.2) is 4.84 Å². The van der Waals surface area contributed by atoms with Crippen molar-refractivity contribution in [2.45, 2.75) is 0 Å². The SMILES string of the molecule is CO[N+](=O)c1ccc(Br)c(O)c1N. The highest BCUT2D eigenvalue weighted by molar-refractivity contribution is 9.10. The Morgan fingerprint density at radius 2 is 2.23 bits per heavy atom. The van der Waals surface area contributed by atoms with Crippen LogP contribution in [0.5, 0.6) is 5.75 Å². The fourth-order valence-corrected chi connectivity index (χ4v) is 1.17. The summed E-state index contributed by atoms with van der Waals surface area (Å²) in [5, 5.41) is 9.34. The van der Waals surface area contributed by atoms with Gasteiger partial charge in [-0.15, -0.1) is 0 Å². The van der Waals surface area contributed by atoms with Crippen LogP contribution in [0.4, 0.5) is 11.4 Å². The van der Waals surface area contributed by atoms with Crippen molar-refractivity contribution < 1.29 is 14.9 Å². The van der Waals surface area contributed by atoms with Gasteiger partial charge in [-0.05, 0) is 22.0 Å². The van der Waals surface area contributed by atoms with Crippen molar-refractivity contribution >= 4 is 27.3 Å². The minimum absolute atomic E-state index is 0.0220. The number of phenolic OH excluding ortho intramolecular Hbond substituents is 1. The Kier molecular flexibility index (Phi) is 2.72. The molecule has 6 heteroatoms. The van der Waals surface area contributed by atoms with Gasteiger partial charge in [0.2, 0.25) is 0 Å². The topological polar surface area (TPSA) is 75.6 Å². The number of hydrogen-bond donors (Lipinski definition) is 2. The lowest BCUT2D eigenvalue weighted by Crippen LogP contribution is -2.01. The van der Waals surface area contributed by atoms with Gasteiger partial charge < -0.3 is 10.8 Å². The van der Waals surface area contributed by atoms with E-state index in [4.69, 9.17) is 5.73 Å². The van der Waals surface area contributed by atoms with Crippen molar-refractivity contribution in [3.8, 4) is 5.75 Å². The fraction of sp³-hybridized carbons (Fsp3) is 0.143. The Bertz CT molecular complexity index is 354. The number of anilines is 1. The van der Waals surface area contributed by atoms with Gasteiger partial charge in [0, 0.05) is 6.07 Å². The monoisotopic (exact) mass is 247 g/mol. The second kappa shape index (κ2) is 3.61. The van der Waals surface area contributed by atoms with Gasteiger partial charge in [0.25, 0.3) is 4.92 Å². The first-order chi connectivity index (χ1) is 6.07. The largest absolute Gasteiger partial charge is 0.504 e. The molecule has 0 bridgehead atoms. The first-order valence-electron chi connectivity index (χ1n) is 3.36. The molecule has 0 spiro atoms. The van der Waals surface area contributed by atoms with Crippen molar-refractivity contribution in [2.75, 3.05) is 12.8 Å². The molecule has 0 aliphatic carbocycles. The van der Waals surface area contributed by atoms with E-state index in [1.54, 1.807) is 0 Å². The van der Waals surface area contributed by atoms with Crippen LogP contribution in [-0.4, -0.2) is 17.1 Å². The molecule has 3 N–H and O–H groups in total. The van der Waals surface area contributed by atoms with E-state index in [0.29, 0.717) is 4.47 Å². The predicted octanol–water partition coefficient (Wildman–Crippen LogP) is 1.71. The van der Waals surface area contributed by atoms with Crippen LogP contribution < -0.4 is 5.73 Å². The average molecular weight is 248 g/mol. The Balaban J connectivity index is 3.26. The second-order valence-electron chi connectivity index (χ2n) is 2.27. The smallest absolute Gasteiger partial charge is 0.343 e. The highest BCUT2D eigenvalue weighted by Gasteiger charge is 2.22. The number of phenols is 1. The van der Waals surface area contributed by atoms with Gasteiger partial charge in [0.05, 0.1) is 9.38 Å². The molecule has 13 heavy (non-hydrogen) atoms. The van der Waals surface area contributed by atoms with Crippen LogP contribution in [0, 0.1) is 4.91 Å². The van der Waals surface area contributed by atoms with Crippen LogP contribution >= 0.6 is 15.9 Å². The number of nitrogens with zero attached hydrogens (tertiary/aromatic N) is 1. The quantitative estimate of drug-likeness (QED) is 0.474. The van der Waals surface area contributed by atoms with Crippen molar-refractivity contribution in [1.82, 2.24) is 0 Å². The van der Waals surface area contributed by atoms with E-state index < -0.39 is 0 Å². The lowest BCUT2D eigenvalue weighted by Gasteiger charge is -1.99. The Labute approximate surface area is 82.8 Å². The molecule has 0 heterocycles. The molecule has 0 aromatic heterocycles. The molecule has 0 saturated heterocycles. The molecule has 1 aromatic carbocycles. The van der Waals surface area contributed by atoms with E-state index in [1.165, 1.54) is 19.2 Å². The first kappa shape index (κ1) is 9.79. The van der Waals surface area contributed by atoms with Crippen LogP contribution in [0.2, 0.25) is 0 Å². The zero-order valence-electron chi connectivity index (χ0n) is 6.82. The van der Waals surface area contributed by atoms with E-state index in [2.05, 4.69) is 20.8 Å². The number of nitrogen functional groups attached to an aromatic ring is 1. The molecule has 5 nitrogen and oxygen atoms in total. The summed E-state index contributed by atoms with van der Waals surface area (Å²) in [6.07, 6.45) is 0. The predicted molar refractivity (Wildman–Crippen MR) is 50.5 cm³/mol. The van der Waals surface area contributed by atoms with E-state index in [0.717, 1.165) is 0 Å². The Hall–Kier alpha value is -1.30. The third kappa shape index (κ3) is 1.72. The third-order valence-electron chi connectivity index (χ3n) is 1.51. The molecule has 0 aliphatic heterocycles. The molecular formula is C7H8BrN2O3+. The van der Waals surface area contributed by atoms with Crippen molar-refractivity contribution in [2.24, 2.45) is 0 Å².